The molecule has 4 nitrogen and oxygen atoms in total. The van der Waals surface area contributed by atoms with Gasteiger partial charge in [0.1, 0.15) is 0 Å². The second-order valence-electron chi connectivity index (χ2n) is 3.74. The van der Waals surface area contributed by atoms with Crippen LogP contribution in [-0.2, 0) is 6.54 Å². The fraction of sp³-hybridized carbons (Fsp3) is 0.273. The molecule has 1 amide bonds. The van der Waals surface area contributed by atoms with Crippen molar-refractivity contribution >= 4 is 33.2 Å². The first-order chi connectivity index (χ1) is 8.15. The van der Waals surface area contributed by atoms with E-state index in [2.05, 4.69) is 26.3 Å². The van der Waals surface area contributed by atoms with Gasteiger partial charge in [0, 0.05) is 23.8 Å². The topological polar surface area (TPSA) is 46.9 Å². The monoisotopic (exact) mass is 313 g/mol. The van der Waals surface area contributed by atoms with E-state index in [0.717, 1.165) is 3.79 Å². The van der Waals surface area contributed by atoms with Gasteiger partial charge in [-0.1, -0.05) is 0 Å². The van der Waals surface area contributed by atoms with E-state index in [0.29, 0.717) is 12.1 Å². The Balaban J connectivity index is 1.90. The lowest BCUT2D eigenvalue weighted by molar-refractivity contribution is 0.0936. The number of nitrogens with one attached hydrogen (secondary N) is 1. The predicted octanol–water partition coefficient (Wildman–Crippen LogP) is 2.53. The number of hydrogen-bond acceptors (Lipinski definition) is 3. The summed E-state index contributed by atoms with van der Waals surface area (Å²) in [5, 5.41) is 8.87. The Bertz CT molecular complexity index is 495. The third-order valence-corrected chi connectivity index (χ3v) is 3.73. The lowest BCUT2D eigenvalue weighted by atomic mass is 10.2. The standard InChI is InChI=1S/C11H12BrN3OS/c1-8(6-15-4-2-3-13-15)14-11(16)9-5-10(12)17-7-9/h2-5,7-8H,6H2,1H3,(H,14,16)/t8-/m0/s1. The van der Waals surface area contributed by atoms with E-state index in [-0.39, 0.29) is 11.9 Å². The highest BCUT2D eigenvalue weighted by Crippen LogP contribution is 2.20. The second kappa shape index (κ2) is 5.46. The van der Waals surface area contributed by atoms with E-state index in [9.17, 15) is 4.79 Å². The lowest BCUT2D eigenvalue weighted by Crippen LogP contribution is -2.35. The zero-order valence-corrected chi connectivity index (χ0v) is 11.7. The second-order valence-corrected chi connectivity index (χ2v) is 6.03. The van der Waals surface area contributed by atoms with E-state index in [1.807, 2.05) is 30.6 Å². The molecule has 0 bridgehead atoms. The number of aromatic nitrogens is 2. The minimum absolute atomic E-state index is 0.0427. The molecule has 17 heavy (non-hydrogen) atoms. The van der Waals surface area contributed by atoms with Gasteiger partial charge in [-0.15, -0.1) is 11.3 Å². The van der Waals surface area contributed by atoms with Crippen LogP contribution in [-0.4, -0.2) is 21.7 Å². The van der Waals surface area contributed by atoms with Crippen LogP contribution in [0, 0.1) is 0 Å². The summed E-state index contributed by atoms with van der Waals surface area (Å²) < 4.78 is 2.76. The summed E-state index contributed by atoms with van der Waals surface area (Å²) in [6, 6.07) is 3.73. The molecule has 2 rings (SSSR count). The molecule has 2 heterocycles. The van der Waals surface area contributed by atoms with Crippen molar-refractivity contribution in [1.82, 2.24) is 15.1 Å². The molecule has 0 fully saturated rings. The van der Waals surface area contributed by atoms with Crippen LogP contribution in [0.2, 0.25) is 0 Å². The molecule has 0 aliphatic heterocycles. The third-order valence-electron chi connectivity index (χ3n) is 2.23. The molecule has 1 N–H and O–H groups in total. The molecule has 0 spiro atoms. The highest BCUT2D eigenvalue weighted by Gasteiger charge is 2.11. The van der Waals surface area contributed by atoms with Gasteiger partial charge in [-0.05, 0) is 35.0 Å². The van der Waals surface area contributed by atoms with Crippen LogP contribution < -0.4 is 5.32 Å². The summed E-state index contributed by atoms with van der Waals surface area (Å²) in [5.74, 6) is -0.0494. The number of halogens is 1. The number of hydrogen-bond donors (Lipinski definition) is 1. The van der Waals surface area contributed by atoms with Crippen LogP contribution in [0.5, 0.6) is 0 Å². The van der Waals surface area contributed by atoms with Crippen molar-refractivity contribution in [3.8, 4) is 0 Å². The molecule has 90 valence electrons. The number of nitrogens with zero attached hydrogens (tertiary/aromatic N) is 2. The van der Waals surface area contributed by atoms with Gasteiger partial charge >= 0.3 is 0 Å². The molecule has 0 saturated carbocycles. The van der Waals surface area contributed by atoms with Crippen LogP contribution in [0.1, 0.15) is 17.3 Å². The first-order valence-corrected chi connectivity index (χ1v) is 6.85. The van der Waals surface area contributed by atoms with Crippen LogP contribution in [0.15, 0.2) is 33.7 Å². The first-order valence-electron chi connectivity index (χ1n) is 5.17. The summed E-state index contributed by atoms with van der Waals surface area (Å²) >= 11 is 4.84. The van der Waals surface area contributed by atoms with Gasteiger partial charge in [0.2, 0.25) is 0 Å². The molecule has 2 aromatic heterocycles. The van der Waals surface area contributed by atoms with E-state index >= 15 is 0 Å². The van der Waals surface area contributed by atoms with Crippen molar-refractivity contribution in [2.45, 2.75) is 19.5 Å². The molecular formula is C11H12BrN3OS. The smallest absolute Gasteiger partial charge is 0.252 e. The van der Waals surface area contributed by atoms with Crippen LogP contribution in [0.4, 0.5) is 0 Å². The van der Waals surface area contributed by atoms with Crippen molar-refractivity contribution in [2.75, 3.05) is 0 Å². The van der Waals surface area contributed by atoms with Gasteiger partial charge in [0.25, 0.3) is 5.91 Å². The molecule has 0 unspecified atom stereocenters. The Morgan fingerprint density at radius 1 is 1.71 bits per heavy atom. The van der Waals surface area contributed by atoms with E-state index < -0.39 is 0 Å². The fourth-order valence-corrected chi connectivity index (χ4v) is 2.61. The summed E-state index contributed by atoms with van der Waals surface area (Å²) in [4.78, 5) is 11.8. The average molecular weight is 314 g/mol. The quantitative estimate of drug-likeness (QED) is 0.943. The molecular weight excluding hydrogens is 302 g/mol. The number of rotatable bonds is 4. The normalized spacial score (nSPS) is 12.4. The Kier molecular flexibility index (Phi) is 3.96. The van der Waals surface area contributed by atoms with Crippen molar-refractivity contribution in [3.05, 3.63) is 39.3 Å². The van der Waals surface area contributed by atoms with Crippen LogP contribution in [0.3, 0.4) is 0 Å². The molecule has 1 atom stereocenters. The van der Waals surface area contributed by atoms with Crippen LogP contribution in [0.25, 0.3) is 0 Å². The molecule has 6 heteroatoms. The Morgan fingerprint density at radius 3 is 3.12 bits per heavy atom. The van der Waals surface area contributed by atoms with E-state index in [1.165, 1.54) is 11.3 Å². The predicted molar refractivity (Wildman–Crippen MR) is 71.2 cm³/mol. The number of carbonyl (C=O) groups is 1. The minimum Gasteiger partial charge on any atom is -0.348 e. The Hall–Kier alpha value is -1.14. The minimum atomic E-state index is -0.0494. The summed E-state index contributed by atoms with van der Waals surface area (Å²) in [5.41, 5.74) is 0.689. The van der Waals surface area contributed by atoms with Crippen molar-refractivity contribution in [3.63, 3.8) is 0 Å². The average Bonchev–Trinajstić information content (AvgIpc) is 2.89. The highest BCUT2D eigenvalue weighted by molar-refractivity contribution is 9.11. The molecule has 0 saturated heterocycles. The van der Waals surface area contributed by atoms with Gasteiger partial charge in [0.15, 0.2) is 0 Å². The van der Waals surface area contributed by atoms with Gasteiger partial charge in [0.05, 0.1) is 15.9 Å². The maximum atomic E-state index is 11.8. The number of thiophene rings is 1. The van der Waals surface area contributed by atoms with E-state index in [1.54, 1.807) is 10.9 Å². The number of amides is 1. The molecule has 0 aromatic carbocycles. The van der Waals surface area contributed by atoms with E-state index in [4.69, 9.17) is 0 Å². The lowest BCUT2D eigenvalue weighted by Gasteiger charge is -2.13. The Morgan fingerprint density at radius 2 is 2.53 bits per heavy atom. The number of carbonyl (C=O) groups excluding carboxylic acids is 1. The van der Waals surface area contributed by atoms with Gasteiger partial charge < -0.3 is 5.32 Å². The molecule has 0 aliphatic rings. The summed E-state index contributed by atoms with van der Waals surface area (Å²) in [6.45, 7) is 2.63. The van der Waals surface area contributed by atoms with Gasteiger partial charge in [-0.3, -0.25) is 9.48 Å². The first kappa shape index (κ1) is 12.3. The summed E-state index contributed by atoms with van der Waals surface area (Å²) in [6.07, 6.45) is 3.61. The maximum Gasteiger partial charge on any atom is 0.252 e. The molecule has 0 radical (unpaired) electrons. The molecule has 0 aliphatic carbocycles. The Labute approximate surface area is 112 Å². The van der Waals surface area contributed by atoms with Crippen molar-refractivity contribution in [1.29, 1.82) is 0 Å². The van der Waals surface area contributed by atoms with Gasteiger partial charge in [-0.2, -0.15) is 5.10 Å². The zero-order chi connectivity index (χ0) is 12.3. The van der Waals surface area contributed by atoms with Gasteiger partial charge in [-0.25, -0.2) is 0 Å². The third kappa shape index (κ3) is 3.41. The van der Waals surface area contributed by atoms with Crippen LogP contribution >= 0.6 is 27.3 Å². The van der Waals surface area contributed by atoms with Crippen molar-refractivity contribution < 1.29 is 4.79 Å². The SMILES string of the molecule is C[C@@H](Cn1cccn1)NC(=O)c1csc(Br)c1. The maximum absolute atomic E-state index is 11.8. The fourth-order valence-electron chi connectivity index (χ4n) is 1.47. The largest absolute Gasteiger partial charge is 0.348 e. The molecule has 2 aromatic rings. The summed E-state index contributed by atoms with van der Waals surface area (Å²) in [7, 11) is 0. The van der Waals surface area contributed by atoms with Crippen molar-refractivity contribution in [2.24, 2.45) is 0 Å². The zero-order valence-electron chi connectivity index (χ0n) is 9.26. The highest BCUT2D eigenvalue weighted by atomic mass is 79.9.